The highest BCUT2D eigenvalue weighted by molar-refractivity contribution is 7.98. The van der Waals surface area contributed by atoms with Gasteiger partial charge in [-0.3, -0.25) is 16.0 Å². The number of nitrogen functional groups attached to an aromatic ring is 1. The Morgan fingerprint density at radius 2 is 2.33 bits per heavy atom. The third-order valence-corrected chi connectivity index (χ3v) is 4.14. The topological polar surface area (TPSA) is 125 Å². The molecule has 0 amide bonds. The second-order valence-electron chi connectivity index (χ2n) is 4.68. The molecule has 10 heteroatoms. The number of nitro benzene ring substituents is 1. The van der Waals surface area contributed by atoms with Crippen LogP contribution in [0.1, 0.15) is 24.4 Å². The van der Waals surface area contributed by atoms with E-state index in [4.69, 9.17) is 5.84 Å². The number of anilines is 1. The minimum Gasteiger partial charge on any atom is -0.318 e. The summed E-state index contributed by atoms with van der Waals surface area (Å²) >= 11 is 1.50. The summed E-state index contributed by atoms with van der Waals surface area (Å²) in [6.45, 7) is 0. The van der Waals surface area contributed by atoms with Crippen molar-refractivity contribution in [3.8, 4) is 0 Å². The standard InChI is InChI=1S/C11H13N7O2S/c12-13-9-5-7(1-4-10(9)18(19)20)6-21-11-14-15-16-17(11)8-2-3-8/h1,4-5,8,13H,2-3,6,12H2. The second kappa shape index (κ2) is 5.66. The van der Waals surface area contributed by atoms with Gasteiger partial charge in [0.25, 0.3) is 5.69 Å². The van der Waals surface area contributed by atoms with Crippen molar-refractivity contribution in [2.75, 3.05) is 5.43 Å². The fraction of sp³-hybridized carbons (Fsp3) is 0.364. The first-order chi connectivity index (χ1) is 10.2. The zero-order valence-corrected chi connectivity index (χ0v) is 11.8. The van der Waals surface area contributed by atoms with Crippen molar-refractivity contribution in [3.05, 3.63) is 33.9 Å². The van der Waals surface area contributed by atoms with Crippen LogP contribution in [0, 0.1) is 10.1 Å². The SMILES string of the molecule is NNc1cc(CSc2nnnn2C2CC2)ccc1[N+](=O)[O-]. The molecule has 2 aromatic rings. The molecule has 1 aliphatic rings. The highest BCUT2D eigenvalue weighted by Crippen LogP contribution is 2.37. The first-order valence-electron chi connectivity index (χ1n) is 6.33. The van der Waals surface area contributed by atoms with Gasteiger partial charge in [0.2, 0.25) is 5.16 Å². The lowest BCUT2D eigenvalue weighted by atomic mass is 10.2. The van der Waals surface area contributed by atoms with Gasteiger partial charge in [-0.25, -0.2) is 4.68 Å². The van der Waals surface area contributed by atoms with E-state index >= 15 is 0 Å². The second-order valence-corrected chi connectivity index (χ2v) is 5.62. The van der Waals surface area contributed by atoms with Gasteiger partial charge in [0.05, 0.1) is 11.0 Å². The molecule has 21 heavy (non-hydrogen) atoms. The van der Waals surface area contributed by atoms with Crippen LogP contribution in [0.25, 0.3) is 0 Å². The summed E-state index contributed by atoms with van der Waals surface area (Å²) in [7, 11) is 0. The fourth-order valence-electron chi connectivity index (χ4n) is 1.92. The summed E-state index contributed by atoms with van der Waals surface area (Å²) in [5.41, 5.74) is 3.50. The minimum absolute atomic E-state index is 0.0472. The Kier molecular flexibility index (Phi) is 3.71. The van der Waals surface area contributed by atoms with Crippen LogP contribution in [0.5, 0.6) is 0 Å². The predicted octanol–water partition coefficient (Wildman–Crippen LogP) is 1.49. The fourth-order valence-corrected chi connectivity index (χ4v) is 2.81. The van der Waals surface area contributed by atoms with E-state index in [-0.39, 0.29) is 5.69 Å². The number of hydrogen-bond donors (Lipinski definition) is 2. The molecule has 0 aliphatic heterocycles. The molecule has 0 saturated heterocycles. The van der Waals surface area contributed by atoms with Gasteiger partial charge < -0.3 is 5.43 Å². The van der Waals surface area contributed by atoms with Gasteiger partial charge in [-0.15, -0.1) is 5.10 Å². The van der Waals surface area contributed by atoms with Gasteiger partial charge in [0, 0.05) is 11.8 Å². The quantitative estimate of drug-likeness (QED) is 0.356. The molecule has 9 nitrogen and oxygen atoms in total. The van der Waals surface area contributed by atoms with E-state index in [2.05, 4.69) is 21.0 Å². The van der Waals surface area contributed by atoms with Crippen LogP contribution in [0.4, 0.5) is 11.4 Å². The number of aromatic nitrogens is 4. The van der Waals surface area contributed by atoms with Gasteiger partial charge in [-0.2, -0.15) is 0 Å². The van der Waals surface area contributed by atoms with Crippen molar-refractivity contribution in [3.63, 3.8) is 0 Å². The number of nitrogens with one attached hydrogen (secondary N) is 1. The lowest BCUT2D eigenvalue weighted by molar-refractivity contribution is -0.384. The van der Waals surface area contributed by atoms with Crippen LogP contribution in [-0.4, -0.2) is 25.1 Å². The molecule has 3 N–H and O–H groups in total. The summed E-state index contributed by atoms with van der Waals surface area (Å²) in [4.78, 5) is 10.4. The highest BCUT2D eigenvalue weighted by Gasteiger charge is 2.27. The van der Waals surface area contributed by atoms with Gasteiger partial charge >= 0.3 is 0 Å². The Morgan fingerprint density at radius 1 is 1.52 bits per heavy atom. The summed E-state index contributed by atoms with van der Waals surface area (Å²) in [5.74, 6) is 5.93. The van der Waals surface area contributed by atoms with Crippen molar-refractivity contribution in [1.29, 1.82) is 0 Å². The monoisotopic (exact) mass is 307 g/mol. The maximum Gasteiger partial charge on any atom is 0.293 e. The maximum absolute atomic E-state index is 10.8. The number of thioether (sulfide) groups is 1. The molecule has 0 spiro atoms. The normalized spacial score (nSPS) is 14.1. The molecule has 1 saturated carbocycles. The number of tetrazole rings is 1. The third kappa shape index (κ3) is 2.95. The van der Waals surface area contributed by atoms with Crippen LogP contribution in [0.3, 0.4) is 0 Å². The van der Waals surface area contributed by atoms with Crippen molar-refractivity contribution >= 4 is 23.1 Å². The summed E-state index contributed by atoms with van der Waals surface area (Å²) < 4.78 is 1.83. The average molecular weight is 307 g/mol. The average Bonchev–Trinajstić information content (AvgIpc) is 3.23. The number of hydrazine groups is 1. The zero-order chi connectivity index (χ0) is 14.8. The number of rotatable bonds is 6. The van der Waals surface area contributed by atoms with E-state index in [1.54, 1.807) is 12.1 Å². The zero-order valence-electron chi connectivity index (χ0n) is 11.0. The molecule has 0 radical (unpaired) electrons. The number of hydrogen-bond acceptors (Lipinski definition) is 8. The van der Waals surface area contributed by atoms with Crippen molar-refractivity contribution in [1.82, 2.24) is 20.2 Å². The van der Waals surface area contributed by atoms with E-state index in [0.29, 0.717) is 17.5 Å². The lowest BCUT2D eigenvalue weighted by Crippen LogP contribution is -2.09. The predicted molar refractivity (Wildman–Crippen MR) is 76.6 cm³/mol. The number of nitrogens with zero attached hydrogens (tertiary/aromatic N) is 5. The van der Waals surface area contributed by atoms with Crippen molar-refractivity contribution < 1.29 is 4.92 Å². The maximum atomic E-state index is 10.8. The highest BCUT2D eigenvalue weighted by atomic mass is 32.2. The van der Waals surface area contributed by atoms with Crippen molar-refractivity contribution in [2.24, 2.45) is 5.84 Å². The first kappa shape index (κ1) is 13.8. The van der Waals surface area contributed by atoms with Gasteiger partial charge in [0.1, 0.15) is 5.69 Å². The van der Waals surface area contributed by atoms with E-state index in [1.807, 2.05) is 4.68 Å². The molecule has 1 fully saturated rings. The summed E-state index contributed by atoms with van der Waals surface area (Å²) in [6, 6.07) is 5.23. The molecule has 0 bridgehead atoms. The molecule has 0 atom stereocenters. The van der Waals surface area contributed by atoms with Crippen LogP contribution < -0.4 is 11.3 Å². The van der Waals surface area contributed by atoms with E-state index in [0.717, 1.165) is 23.6 Å². The van der Waals surface area contributed by atoms with Crippen molar-refractivity contribution in [2.45, 2.75) is 29.8 Å². The number of nitrogens with two attached hydrogens (primary N) is 1. The molecular weight excluding hydrogens is 294 g/mol. The minimum atomic E-state index is -0.472. The van der Waals surface area contributed by atoms with E-state index < -0.39 is 4.92 Å². The molecular formula is C11H13N7O2S. The van der Waals surface area contributed by atoms with E-state index in [9.17, 15) is 10.1 Å². The Labute approximate surface area is 124 Å². The molecule has 1 aliphatic carbocycles. The van der Waals surface area contributed by atoms with Crippen LogP contribution in [0.15, 0.2) is 23.4 Å². The van der Waals surface area contributed by atoms with E-state index in [1.165, 1.54) is 17.8 Å². The van der Waals surface area contributed by atoms with Crippen LogP contribution in [0.2, 0.25) is 0 Å². The Bertz CT molecular complexity index is 670. The lowest BCUT2D eigenvalue weighted by Gasteiger charge is -2.06. The number of benzene rings is 1. The molecule has 1 heterocycles. The molecule has 0 unspecified atom stereocenters. The Hall–Kier alpha value is -2.20. The summed E-state index contributed by atoms with van der Waals surface area (Å²) in [6.07, 6.45) is 2.22. The number of nitro groups is 1. The third-order valence-electron chi connectivity index (χ3n) is 3.14. The van der Waals surface area contributed by atoms with Crippen LogP contribution >= 0.6 is 11.8 Å². The van der Waals surface area contributed by atoms with Gasteiger partial charge in [0.15, 0.2) is 0 Å². The smallest absolute Gasteiger partial charge is 0.293 e. The molecule has 3 rings (SSSR count). The molecule has 1 aromatic carbocycles. The van der Waals surface area contributed by atoms with Crippen LogP contribution in [-0.2, 0) is 5.75 Å². The van der Waals surface area contributed by atoms with Gasteiger partial charge in [-0.1, -0.05) is 17.8 Å². The summed E-state index contributed by atoms with van der Waals surface area (Å²) in [5, 5.41) is 23.3. The Balaban J connectivity index is 1.73. The van der Waals surface area contributed by atoms with Gasteiger partial charge in [-0.05, 0) is 34.9 Å². The Morgan fingerprint density at radius 3 is 3.00 bits per heavy atom. The molecule has 1 aromatic heterocycles. The largest absolute Gasteiger partial charge is 0.318 e. The molecule has 110 valence electrons. The first-order valence-corrected chi connectivity index (χ1v) is 7.32.